The van der Waals surface area contributed by atoms with Crippen molar-refractivity contribution in [3.05, 3.63) is 78.1 Å². The molecule has 0 aliphatic heterocycles. The molecule has 41 heavy (non-hydrogen) atoms. The maximum absolute atomic E-state index is 13.1. The van der Waals surface area contributed by atoms with Crippen molar-refractivity contribution in [3.8, 4) is 5.75 Å². The zero-order chi connectivity index (χ0) is 29.8. The number of nitrogens with zero attached hydrogens (tertiary/aromatic N) is 2. The van der Waals surface area contributed by atoms with Crippen LogP contribution in [0.25, 0.3) is 0 Å². The molecule has 0 atom stereocenters. The average Bonchev–Trinajstić information content (AvgIpc) is 2.93. The summed E-state index contributed by atoms with van der Waals surface area (Å²) in [6.45, 7) is 8.33. The zero-order valence-corrected chi connectivity index (χ0v) is 24.3. The Kier molecular flexibility index (Phi) is 11.1. The van der Waals surface area contributed by atoms with Crippen LogP contribution < -0.4 is 20.7 Å². The smallest absolute Gasteiger partial charge is 0.412 e. The molecule has 1 heterocycles. The lowest BCUT2D eigenvalue weighted by Crippen LogP contribution is -2.35. The number of rotatable bonds is 11. The van der Waals surface area contributed by atoms with Gasteiger partial charge in [-0.15, -0.1) is 0 Å². The number of anilines is 3. The van der Waals surface area contributed by atoms with Crippen molar-refractivity contribution < 1.29 is 23.9 Å². The summed E-state index contributed by atoms with van der Waals surface area (Å²) < 4.78 is 10.6. The van der Waals surface area contributed by atoms with Crippen LogP contribution in [-0.2, 0) is 11.3 Å². The van der Waals surface area contributed by atoms with E-state index in [0.717, 1.165) is 24.8 Å². The lowest BCUT2D eigenvalue weighted by molar-refractivity contribution is 0.0635. The molecule has 0 radical (unpaired) electrons. The Hall–Kier alpha value is -4.60. The van der Waals surface area contributed by atoms with Crippen molar-refractivity contribution in [2.24, 2.45) is 0 Å². The van der Waals surface area contributed by atoms with Crippen LogP contribution in [0.1, 0.15) is 63.0 Å². The summed E-state index contributed by atoms with van der Waals surface area (Å²) in [5.41, 5.74) is 1.77. The largest absolute Gasteiger partial charge is 0.497 e. The molecule has 10 nitrogen and oxygen atoms in total. The first-order valence-electron chi connectivity index (χ1n) is 13.6. The van der Waals surface area contributed by atoms with Gasteiger partial charge in [0.25, 0.3) is 5.91 Å². The molecule has 2 aromatic carbocycles. The number of ether oxygens (including phenoxy) is 2. The third kappa shape index (κ3) is 10.1. The van der Waals surface area contributed by atoms with E-state index in [0.29, 0.717) is 35.9 Å². The van der Waals surface area contributed by atoms with E-state index >= 15 is 0 Å². The zero-order valence-electron chi connectivity index (χ0n) is 24.3. The minimum absolute atomic E-state index is 0.194. The minimum atomic E-state index is -0.657. The van der Waals surface area contributed by atoms with E-state index in [1.54, 1.807) is 87.5 Å². The van der Waals surface area contributed by atoms with Crippen LogP contribution in [0.3, 0.4) is 0 Å². The van der Waals surface area contributed by atoms with Crippen LogP contribution in [0.2, 0.25) is 0 Å². The summed E-state index contributed by atoms with van der Waals surface area (Å²) in [5.74, 6) is 0.215. The summed E-state index contributed by atoms with van der Waals surface area (Å²) in [5, 5.41) is 8.39. The van der Waals surface area contributed by atoms with Gasteiger partial charge >= 0.3 is 12.1 Å². The fourth-order valence-corrected chi connectivity index (χ4v) is 3.88. The SMILES string of the molecule is CCCCCN(Cc1ccc(C(=O)Nc2ccccc2NC(=O)OC(C)(C)C)nc1)C(=O)Nc1cccc(OC)c1. The van der Waals surface area contributed by atoms with Crippen molar-refractivity contribution in [3.63, 3.8) is 0 Å². The number of para-hydroxylation sites is 2. The van der Waals surface area contributed by atoms with E-state index in [1.165, 1.54) is 0 Å². The topological polar surface area (TPSA) is 122 Å². The molecule has 0 unspecified atom stereocenters. The number of methoxy groups -OCH3 is 1. The van der Waals surface area contributed by atoms with Crippen molar-refractivity contribution in [2.75, 3.05) is 29.6 Å². The first kappa shape index (κ1) is 30.9. The highest BCUT2D eigenvalue weighted by molar-refractivity contribution is 6.05. The number of unbranched alkanes of at least 4 members (excludes halogenated alkanes) is 2. The van der Waals surface area contributed by atoms with Crippen LogP contribution in [0.4, 0.5) is 26.7 Å². The molecular weight excluding hydrogens is 522 g/mol. The van der Waals surface area contributed by atoms with Gasteiger partial charge in [-0.1, -0.05) is 44.0 Å². The maximum Gasteiger partial charge on any atom is 0.412 e. The first-order valence-corrected chi connectivity index (χ1v) is 13.6. The summed E-state index contributed by atoms with van der Waals surface area (Å²) in [6, 6.07) is 17.2. The van der Waals surface area contributed by atoms with Gasteiger partial charge in [0.05, 0.1) is 18.5 Å². The Morgan fingerprint density at radius 3 is 2.27 bits per heavy atom. The molecular formula is C31H39N5O5. The van der Waals surface area contributed by atoms with Crippen molar-refractivity contribution >= 4 is 35.1 Å². The molecule has 0 fully saturated rings. The van der Waals surface area contributed by atoms with Gasteiger partial charge < -0.3 is 25.0 Å². The first-order chi connectivity index (χ1) is 19.6. The lowest BCUT2D eigenvalue weighted by atomic mass is 10.2. The van der Waals surface area contributed by atoms with E-state index in [-0.39, 0.29) is 11.7 Å². The molecule has 10 heteroatoms. The average molecular weight is 562 g/mol. The van der Waals surface area contributed by atoms with Crippen molar-refractivity contribution in [2.45, 2.75) is 59.1 Å². The number of hydrogen-bond acceptors (Lipinski definition) is 6. The Balaban J connectivity index is 1.67. The van der Waals surface area contributed by atoms with E-state index in [9.17, 15) is 14.4 Å². The van der Waals surface area contributed by atoms with Crippen molar-refractivity contribution in [1.82, 2.24) is 9.88 Å². The molecule has 218 valence electrons. The fraction of sp³-hybridized carbons (Fsp3) is 0.355. The molecule has 0 spiro atoms. The monoisotopic (exact) mass is 561 g/mol. The fourth-order valence-electron chi connectivity index (χ4n) is 3.88. The molecule has 1 aromatic heterocycles. The second kappa shape index (κ2) is 14.7. The number of aromatic nitrogens is 1. The number of carbonyl (C=O) groups excluding carboxylic acids is 3. The summed E-state index contributed by atoms with van der Waals surface area (Å²) in [7, 11) is 1.58. The molecule has 4 amide bonds. The van der Waals surface area contributed by atoms with E-state index in [1.807, 2.05) is 12.1 Å². The van der Waals surface area contributed by atoms with Crippen LogP contribution >= 0.6 is 0 Å². The van der Waals surface area contributed by atoms with Gasteiger partial charge in [-0.2, -0.15) is 0 Å². The third-order valence-corrected chi connectivity index (χ3v) is 5.88. The van der Waals surface area contributed by atoms with Gasteiger partial charge in [-0.05, 0) is 63.1 Å². The Labute approximate surface area is 241 Å². The summed E-state index contributed by atoms with van der Waals surface area (Å²) >= 11 is 0. The van der Waals surface area contributed by atoms with Gasteiger partial charge in [-0.3, -0.25) is 15.1 Å². The highest BCUT2D eigenvalue weighted by Gasteiger charge is 2.19. The molecule has 3 aromatic rings. The Bertz CT molecular complexity index is 1320. The number of pyridine rings is 1. The second-order valence-corrected chi connectivity index (χ2v) is 10.5. The molecule has 3 N–H and O–H groups in total. The summed E-state index contributed by atoms with van der Waals surface area (Å²) in [4.78, 5) is 44.4. The molecule has 0 aliphatic carbocycles. The van der Waals surface area contributed by atoms with E-state index in [2.05, 4.69) is 27.9 Å². The quantitative estimate of drug-likeness (QED) is 0.219. The highest BCUT2D eigenvalue weighted by atomic mass is 16.6. The van der Waals surface area contributed by atoms with Gasteiger partial charge in [0.1, 0.15) is 17.0 Å². The molecule has 0 saturated heterocycles. The lowest BCUT2D eigenvalue weighted by Gasteiger charge is -2.23. The predicted molar refractivity (Wildman–Crippen MR) is 160 cm³/mol. The van der Waals surface area contributed by atoms with E-state index in [4.69, 9.17) is 9.47 Å². The maximum atomic E-state index is 13.1. The van der Waals surface area contributed by atoms with Gasteiger partial charge in [0.15, 0.2) is 0 Å². The second-order valence-electron chi connectivity index (χ2n) is 10.5. The predicted octanol–water partition coefficient (Wildman–Crippen LogP) is 6.91. The van der Waals surface area contributed by atoms with Gasteiger partial charge in [-0.25, -0.2) is 9.59 Å². The highest BCUT2D eigenvalue weighted by Crippen LogP contribution is 2.23. The summed E-state index contributed by atoms with van der Waals surface area (Å²) in [6.07, 6.45) is 3.87. The Morgan fingerprint density at radius 1 is 0.902 bits per heavy atom. The van der Waals surface area contributed by atoms with Gasteiger partial charge in [0.2, 0.25) is 0 Å². The molecule has 3 rings (SSSR count). The van der Waals surface area contributed by atoms with E-state index < -0.39 is 17.6 Å². The molecule has 0 saturated carbocycles. The number of hydrogen-bond donors (Lipinski definition) is 3. The van der Waals surface area contributed by atoms with Crippen LogP contribution in [-0.4, -0.2) is 47.2 Å². The van der Waals surface area contributed by atoms with Gasteiger partial charge in [0, 0.05) is 31.0 Å². The number of amides is 4. The van der Waals surface area contributed by atoms with Crippen LogP contribution in [0.15, 0.2) is 66.9 Å². The Morgan fingerprint density at radius 2 is 1.63 bits per heavy atom. The molecule has 0 aliphatic rings. The standard InChI is InChI=1S/C31H39N5O5/c1-6-7-10-18-36(29(38)33-23-12-11-13-24(19-23)40-5)21-22-16-17-27(32-20-22)28(37)34-25-14-8-9-15-26(25)35-30(39)41-31(2,3)4/h8-9,11-17,19-20H,6-7,10,18,21H2,1-5H3,(H,33,38)(H,34,37)(H,35,39). The number of benzene rings is 2. The third-order valence-electron chi connectivity index (χ3n) is 5.88. The number of nitrogens with one attached hydrogen (secondary N) is 3. The van der Waals surface area contributed by atoms with Crippen LogP contribution in [0, 0.1) is 0 Å². The molecule has 0 bridgehead atoms. The number of urea groups is 1. The number of carbonyl (C=O) groups is 3. The minimum Gasteiger partial charge on any atom is -0.497 e. The van der Waals surface area contributed by atoms with Crippen LogP contribution in [0.5, 0.6) is 5.75 Å². The normalized spacial score (nSPS) is 10.9. The van der Waals surface area contributed by atoms with Crippen molar-refractivity contribution in [1.29, 1.82) is 0 Å².